The molecule has 1 heterocycles. The van der Waals surface area contributed by atoms with E-state index in [1.807, 2.05) is 37.9 Å². The minimum Gasteiger partial charge on any atom is -0.512 e. The third kappa shape index (κ3) is 11.1. The lowest BCUT2D eigenvalue weighted by atomic mass is 9.82. The first-order valence-electron chi connectivity index (χ1n) is 15.2. The molecule has 0 aromatic rings. The molecule has 1 aliphatic heterocycles. The van der Waals surface area contributed by atoms with Crippen LogP contribution in [0.25, 0.3) is 0 Å². The van der Waals surface area contributed by atoms with Gasteiger partial charge in [-0.3, -0.25) is 9.59 Å². The van der Waals surface area contributed by atoms with Crippen molar-refractivity contribution in [3.63, 3.8) is 0 Å². The first kappa shape index (κ1) is 36.9. The number of rotatable bonds is 14. The van der Waals surface area contributed by atoms with Gasteiger partial charge in [-0.2, -0.15) is 0 Å². The molecule has 6 nitrogen and oxygen atoms in total. The Morgan fingerprint density at radius 2 is 1.62 bits per heavy atom. The molecular formula is C33H60N2O4. The summed E-state index contributed by atoms with van der Waals surface area (Å²) in [6, 6.07) is 0. The summed E-state index contributed by atoms with van der Waals surface area (Å²) in [6.45, 7) is 28.7. The van der Waals surface area contributed by atoms with E-state index in [2.05, 4.69) is 54.7 Å². The van der Waals surface area contributed by atoms with Crippen molar-refractivity contribution in [3.8, 4) is 0 Å². The molecule has 5 atom stereocenters. The lowest BCUT2D eigenvalue weighted by Gasteiger charge is -2.24. The highest BCUT2D eigenvalue weighted by Crippen LogP contribution is 2.60. The van der Waals surface area contributed by atoms with Gasteiger partial charge < -0.3 is 20.0 Å². The first-order chi connectivity index (χ1) is 18.3. The molecular weight excluding hydrogens is 488 g/mol. The zero-order valence-electron chi connectivity index (χ0n) is 26.6. The second-order valence-electron chi connectivity index (χ2n) is 11.9. The van der Waals surface area contributed by atoms with Crippen molar-refractivity contribution in [2.24, 2.45) is 35.0 Å². The van der Waals surface area contributed by atoms with Crippen LogP contribution in [-0.2, 0) is 9.59 Å². The first-order valence-corrected chi connectivity index (χ1v) is 15.2. The van der Waals surface area contributed by atoms with Crippen molar-refractivity contribution >= 4 is 11.8 Å². The highest BCUT2D eigenvalue weighted by Gasteiger charge is 2.57. The van der Waals surface area contributed by atoms with Crippen molar-refractivity contribution in [2.45, 2.75) is 101 Å². The summed E-state index contributed by atoms with van der Waals surface area (Å²) in [6.07, 6.45) is 9.94. The van der Waals surface area contributed by atoms with Crippen LogP contribution in [0.4, 0.5) is 0 Å². The van der Waals surface area contributed by atoms with Gasteiger partial charge in [0, 0.05) is 44.3 Å². The summed E-state index contributed by atoms with van der Waals surface area (Å²) in [5, 5.41) is 18.5. The SMILES string of the molecule is C=C(O)C12CC1=CN(C(=O)C(C)CCC)C2.C=CC([C@H](C)CO)[C@@H](C)CC.CCCN(CCC)C(=O)C(C)C. The van der Waals surface area contributed by atoms with E-state index in [0.29, 0.717) is 30.2 Å². The smallest absolute Gasteiger partial charge is 0.229 e. The zero-order valence-corrected chi connectivity index (χ0v) is 26.6. The second kappa shape index (κ2) is 18.3. The highest BCUT2D eigenvalue weighted by molar-refractivity contribution is 5.81. The summed E-state index contributed by atoms with van der Waals surface area (Å²) in [5.41, 5.74) is 0.874. The monoisotopic (exact) mass is 548 g/mol. The van der Waals surface area contributed by atoms with E-state index in [4.69, 9.17) is 5.11 Å². The van der Waals surface area contributed by atoms with Crippen LogP contribution in [0.2, 0.25) is 0 Å². The van der Waals surface area contributed by atoms with Gasteiger partial charge in [0.2, 0.25) is 11.8 Å². The number of hydrogen-bond donors (Lipinski definition) is 2. The van der Waals surface area contributed by atoms with Crippen molar-refractivity contribution < 1.29 is 19.8 Å². The third-order valence-electron chi connectivity index (χ3n) is 8.02. The molecule has 2 amide bonds. The second-order valence-corrected chi connectivity index (χ2v) is 11.9. The predicted octanol–water partition coefficient (Wildman–Crippen LogP) is 7.36. The van der Waals surface area contributed by atoms with Gasteiger partial charge >= 0.3 is 0 Å². The van der Waals surface area contributed by atoms with Gasteiger partial charge in [0.1, 0.15) is 0 Å². The van der Waals surface area contributed by atoms with E-state index in [1.54, 1.807) is 4.90 Å². The van der Waals surface area contributed by atoms with Gasteiger partial charge in [0.15, 0.2) is 0 Å². The Morgan fingerprint density at radius 3 is 1.97 bits per heavy atom. The minimum atomic E-state index is -0.276. The molecule has 3 unspecified atom stereocenters. The Hall–Kier alpha value is -2.08. The van der Waals surface area contributed by atoms with E-state index in [1.165, 1.54) is 0 Å². The molecule has 1 saturated carbocycles. The number of carbonyl (C=O) groups excluding carboxylic acids is 2. The Bertz CT molecular complexity index is 790. The van der Waals surface area contributed by atoms with Crippen LogP contribution < -0.4 is 0 Å². The Morgan fingerprint density at radius 1 is 1.05 bits per heavy atom. The van der Waals surface area contributed by atoms with Gasteiger partial charge in [-0.05, 0) is 49.0 Å². The van der Waals surface area contributed by atoms with Gasteiger partial charge in [-0.1, -0.05) is 87.8 Å². The number of aliphatic hydroxyl groups excluding tert-OH is 2. The summed E-state index contributed by atoms with van der Waals surface area (Å²) >= 11 is 0. The highest BCUT2D eigenvalue weighted by atomic mass is 16.3. The van der Waals surface area contributed by atoms with E-state index in [9.17, 15) is 14.7 Å². The molecule has 2 rings (SSSR count). The van der Waals surface area contributed by atoms with E-state index >= 15 is 0 Å². The lowest BCUT2D eigenvalue weighted by Crippen LogP contribution is -2.35. The van der Waals surface area contributed by atoms with E-state index in [0.717, 1.165) is 57.2 Å². The average molecular weight is 549 g/mol. The molecule has 0 spiro atoms. The average Bonchev–Trinajstić information content (AvgIpc) is 3.49. The molecule has 226 valence electrons. The summed E-state index contributed by atoms with van der Waals surface area (Å²) in [4.78, 5) is 27.3. The van der Waals surface area contributed by atoms with Gasteiger partial charge in [0.25, 0.3) is 0 Å². The number of aliphatic hydroxyl groups is 2. The molecule has 2 N–H and O–H groups in total. The summed E-state index contributed by atoms with van der Waals surface area (Å²) in [7, 11) is 0. The van der Waals surface area contributed by atoms with Crippen molar-refractivity contribution in [3.05, 3.63) is 36.8 Å². The molecule has 6 heteroatoms. The molecule has 39 heavy (non-hydrogen) atoms. The maximum absolute atomic E-state index is 12.0. The van der Waals surface area contributed by atoms with Crippen molar-refractivity contribution in [2.75, 3.05) is 26.2 Å². The van der Waals surface area contributed by atoms with Crippen molar-refractivity contribution in [1.82, 2.24) is 9.80 Å². The Kier molecular flexibility index (Phi) is 17.3. The lowest BCUT2D eigenvalue weighted by molar-refractivity contribution is -0.134. The number of allylic oxidation sites excluding steroid dienone is 1. The van der Waals surface area contributed by atoms with Gasteiger partial charge in [-0.25, -0.2) is 0 Å². The Labute approximate surface area is 240 Å². The minimum absolute atomic E-state index is 0.0726. The maximum Gasteiger partial charge on any atom is 0.229 e. The topological polar surface area (TPSA) is 81.1 Å². The Balaban J connectivity index is 0.000000571. The number of amides is 2. The van der Waals surface area contributed by atoms with Crippen LogP contribution in [0.15, 0.2) is 36.8 Å². The van der Waals surface area contributed by atoms with Gasteiger partial charge in [0.05, 0.1) is 11.2 Å². The normalized spacial score (nSPS) is 20.2. The predicted molar refractivity (Wildman–Crippen MR) is 164 cm³/mol. The summed E-state index contributed by atoms with van der Waals surface area (Å²) < 4.78 is 0. The number of nitrogens with zero attached hydrogens (tertiary/aromatic N) is 2. The molecule has 0 saturated heterocycles. The quantitative estimate of drug-likeness (QED) is 0.175. The fourth-order valence-electron chi connectivity index (χ4n) is 5.15. The zero-order chi connectivity index (χ0) is 30.3. The maximum atomic E-state index is 12.0. The van der Waals surface area contributed by atoms with Crippen LogP contribution in [-0.4, -0.2) is 58.1 Å². The van der Waals surface area contributed by atoms with Crippen molar-refractivity contribution in [1.29, 1.82) is 0 Å². The fraction of sp³-hybridized carbons (Fsp3) is 0.758. The largest absolute Gasteiger partial charge is 0.512 e. The van der Waals surface area contributed by atoms with Gasteiger partial charge in [-0.15, -0.1) is 6.58 Å². The molecule has 1 aliphatic carbocycles. The molecule has 0 aromatic carbocycles. The van der Waals surface area contributed by atoms with Crippen LogP contribution in [0.3, 0.4) is 0 Å². The fourth-order valence-corrected chi connectivity index (χ4v) is 5.15. The molecule has 1 fully saturated rings. The molecule has 0 aromatic heterocycles. The summed E-state index contributed by atoms with van der Waals surface area (Å²) in [5.74, 6) is 2.33. The van der Waals surface area contributed by atoms with Crippen LogP contribution >= 0.6 is 0 Å². The molecule has 0 bridgehead atoms. The standard InChI is InChI=1S/C13H19NO2.C10H21NO.C10H20O/c1-4-5-9(2)12(16)14-7-11-6-13(11,8-14)10(3)15;1-5-7-11(8-6-2)10(12)9(3)4;1-5-8(3)10(6-2)9(4)7-11/h7,9,15H,3-6,8H2,1-2H3;9H,5-8H2,1-4H3;6,8-11H,2,5,7H2,1,3-4H3/t;;8-,9+,10?/m..0/s1. The number of carbonyl (C=O) groups is 2. The molecule has 2 aliphatic rings. The van der Waals surface area contributed by atoms with Crippen LogP contribution in [0.1, 0.15) is 101 Å². The van der Waals surface area contributed by atoms with Crippen LogP contribution in [0.5, 0.6) is 0 Å². The van der Waals surface area contributed by atoms with E-state index < -0.39 is 0 Å². The third-order valence-corrected chi connectivity index (χ3v) is 8.02. The number of fused-ring (bicyclic) bond motifs is 1. The molecule has 0 radical (unpaired) electrons. The number of hydrogen-bond acceptors (Lipinski definition) is 4. The van der Waals surface area contributed by atoms with Crippen LogP contribution in [0, 0.1) is 35.0 Å². The van der Waals surface area contributed by atoms with E-state index in [-0.39, 0.29) is 35.5 Å².